The van der Waals surface area contributed by atoms with Gasteiger partial charge >= 0.3 is 29.1 Å². The fourth-order valence-corrected chi connectivity index (χ4v) is 9.38. The zero-order valence-corrected chi connectivity index (χ0v) is 28.3. The van der Waals surface area contributed by atoms with Gasteiger partial charge in [0.05, 0.1) is 48.7 Å². The lowest BCUT2D eigenvalue weighted by atomic mass is 9.95. The zero-order chi connectivity index (χ0) is 32.8. The van der Waals surface area contributed by atoms with E-state index in [1.54, 1.807) is 6.07 Å². The Morgan fingerprint density at radius 1 is 0.622 bits per heavy atom. The second kappa shape index (κ2) is 14.8. The van der Waals surface area contributed by atoms with Gasteiger partial charge in [0.15, 0.2) is 0 Å². The van der Waals surface area contributed by atoms with E-state index in [0.29, 0.717) is 37.4 Å². The van der Waals surface area contributed by atoms with E-state index >= 15 is 0 Å². The number of amides is 2. The summed E-state index contributed by atoms with van der Waals surface area (Å²) in [7, 11) is -4.57. The minimum atomic E-state index is -2.31. The molecule has 2 saturated heterocycles. The monoisotopic (exact) mass is 658 g/mol. The predicted molar refractivity (Wildman–Crippen MR) is 170 cm³/mol. The van der Waals surface area contributed by atoms with Crippen LogP contribution < -0.4 is 0 Å². The number of carbonyl (C=O) groups is 4. The molecule has 12 nitrogen and oxygen atoms in total. The molecule has 2 amide bonds. The maximum Gasteiger partial charge on any atom is 0.337 e. The molecule has 14 heteroatoms. The molecule has 0 bridgehead atoms. The number of rotatable bonds is 8. The van der Waals surface area contributed by atoms with Crippen LogP contribution in [0.25, 0.3) is 11.1 Å². The first-order chi connectivity index (χ1) is 21.5. The summed E-state index contributed by atoms with van der Waals surface area (Å²) in [5.74, 6) is -3.49. The number of hydrogen-bond donors (Lipinski definition) is 2. The summed E-state index contributed by atoms with van der Waals surface area (Å²) in [6, 6.07) is 11.1. The summed E-state index contributed by atoms with van der Waals surface area (Å²) in [6.45, 7) is 10.4. The van der Waals surface area contributed by atoms with Crippen molar-refractivity contribution in [3.05, 3.63) is 58.7 Å². The summed E-state index contributed by atoms with van der Waals surface area (Å²) in [4.78, 5) is 54.6. The quantitative estimate of drug-likeness (QED) is 0.393. The van der Waals surface area contributed by atoms with Gasteiger partial charge in [0.2, 0.25) is 0 Å². The predicted octanol–water partition coefficient (Wildman–Crippen LogP) is 4.30. The van der Waals surface area contributed by atoms with Crippen LogP contribution in [0.15, 0.2) is 36.4 Å². The largest absolute Gasteiger partial charge is 0.478 e. The Kier molecular flexibility index (Phi) is 11.3. The van der Waals surface area contributed by atoms with Crippen LogP contribution in [0.1, 0.15) is 62.2 Å². The van der Waals surface area contributed by atoms with Crippen LogP contribution in [0.2, 0.25) is 24.7 Å². The Hall–Kier alpha value is -3.41. The highest BCUT2D eigenvalue weighted by Gasteiger charge is 2.36. The third-order valence-electron chi connectivity index (χ3n) is 8.58. The number of carboxylic acid groups (broad SMARTS) is 2. The van der Waals surface area contributed by atoms with Crippen LogP contribution in [-0.4, -0.2) is 113 Å². The normalized spacial score (nSPS) is 18.7. The summed E-state index contributed by atoms with van der Waals surface area (Å²) in [5.41, 5.74) is 0.453. The van der Waals surface area contributed by atoms with Crippen molar-refractivity contribution in [1.82, 2.24) is 9.80 Å². The van der Waals surface area contributed by atoms with Gasteiger partial charge in [-0.05, 0) is 60.1 Å². The van der Waals surface area contributed by atoms with Crippen molar-refractivity contribution in [2.45, 2.75) is 45.5 Å². The third kappa shape index (κ3) is 7.88. The standard InChI is InChI=1S/C31H42N2O10Si2/c1-5-44(4)40-16-12-32(13-17-41-44)28(34)24-10-8-23(21-27(24)31(38)39)22-9-11-25(30(36)37)26(20-22)29(35)33-14-18-42-45(6-2,7-3)43-19-15-33/h8-11,20-21H,5-7,12-19H2,1-4H3,(H,36,37)(H,38,39). The molecular weight excluding hydrogens is 617 g/mol. The molecule has 2 aliphatic rings. The Bertz CT molecular complexity index is 1410. The first-order valence-electron chi connectivity index (χ1n) is 15.4. The summed E-state index contributed by atoms with van der Waals surface area (Å²) >= 11 is 0. The Morgan fingerprint density at radius 2 is 1.04 bits per heavy atom. The fraction of sp³-hybridized carbons (Fsp3) is 0.484. The van der Waals surface area contributed by atoms with Crippen LogP contribution in [0, 0.1) is 0 Å². The molecule has 2 heterocycles. The average Bonchev–Trinajstić information content (AvgIpc) is 3.02. The fourth-order valence-electron chi connectivity index (χ4n) is 5.52. The topological polar surface area (TPSA) is 152 Å². The van der Waals surface area contributed by atoms with Gasteiger partial charge in [-0.1, -0.05) is 32.9 Å². The second-order valence-corrected chi connectivity index (χ2v) is 18.6. The van der Waals surface area contributed by atoms with Crippen molar-refractivity contribution >= 4 is 40.9 Å². The minimum absolute atomic E-state index is 0.0141. The molecule has 0 atom stereocenters. The lowest BCUT2D eigenvalue weighted by Gasteiger charge is -2.34. The molecule has 2 aromatic rings. The zero-order valence-electron chi connectivity index (χ0n) is 26.3. The average molecular weight is 659 g/mol. The molecule has 0 aromatic heterocycles. The first-order valence-corrected chi connectivity index (χ1v) is 20.1. The van der Waals surface area contributed by atoms with E-state index in [1.807, 2.05) is 27.3 Å². The molecule has 2 aliphatic heterocycles. The van der Waals surface area contributed by atoms with E-state index in [1.165, 1.54) is 40.1 Å². The Morgan fingerprint density at radius 3 is 1.49 bits per heavy atom. The molecule has 0 saturated carbocycles. The maximum absolute atomic E-state index is 13.7. The number of carboxylic acids is 2. The van der Waals surface area contributed by atoms with Crippen LogP contribution in [-0.2, 0) is 17.7 Å². The molecule has 45 heavy (non-hydrogen) atoms. The van der Waals surface area contributed by atoms with E-state index < -0.39 is 40.9 Å². The van der Waals surface area contributed by atoms with Gasteiger partial charge in [-0.15, -0.1) is 0 Å². The van der Waals surface area contributed by atoms with Crippen LogP contribution in [0.4, 0.5) is 0 Å². The van der Waals surface area contributed by atoms with Crippen LogP contribution in [0.3, 0.4) is 0 Å². The van der Waals surface area contributed by atoms with Crippen LogP contribution >= 0.6 is 0 Å². The number of nitrogens with zero attached hydrogens (tertiary/aromatic N) is 2. The summed E-state index contributed by atoms with van der Waals surface area (Å²) in [5, 5.41) is 19.9. The number of hydrogen-bond acceptors (Lipinski definition) is 8. The van der Waals surface area contributed by atoms with Gasteiger partial charge in [-0.3, -0.25) is 9.59 Å². The van der Waals surface area contributed by atoms with Crippen molar-refractivity contribution in [2.75, 3.05) is 52.6 Å². The molecule has 2 N–H and O–H groups in total. The van der Waals surface area contributed by atoms with Gasteiger partial charge in [0, 0.05) is 26.2 Å². The first kappa shape index (κ1) is 34.5. The summed E-state index contributed by atoms with van der Waals surface area (Å²) in [6.07, 6.45) is 0. The minimum Gasteiger partial charge on any atom is -0.478 e. The molecule has 244 valence electrons. The van der Waals surface area contributed by atoms with Crippen molar-refractivity contribution in [3.63, 3.8) is 0 Å². The SMILES string of the molecule is CC[Si]1(C)OCCN(C(=O)c2ccc(-c3ccc(C(=O)O)c(C(=O)N4CCO[Si](CC)(CC)OCC4)c3)cc2C(=O)O)CCO1. The van der Waals surface area contributed by atoms with E-state index in [4.69, 9.17) is 17.7 Å². The van der Waals surface area contributed by atoms with Crippen molar-refractivity contribution in [3.8, 4) is 11.1 Å². The molecule has 4 rings (SSSR count). The highest BCUT2D eigenvalue weighted by atomic mass is 28.4. The number of aromatic carboxylic acids is 2. The van der Waals surface area contributed by atoms with Crippen molar-refractivity contribution < 1.29 is 47.1 Å². The van der Waals surface area contributed by atoms with Gasteiger partial charge in [-0.25, -0.2) is 9.59 Å². The third-order valence-corrected chi connectivity index (χ3v) is 15.1. The van der Waals surface area contributed by atoms with Gasteiger partial charge in [0.25, 0.3) is 11.8 Å². The molecule has 2 aromatic carbocycles. The molecule has 0 spiro atoms. The van der Waals surface area contributed by atoms with E-state index in [2.05, 4.69) is 0 Å². The lowest BCUT2D eigenvalue weighted by Crippen LogP contribution is -2.49. The van der Waals surface area contributed by atoms with Crippen molar-refractivity contribution in [1.29, 1.82) is 0 Å². The lowest BCUT2D eigenvalue weighted by molar-refractivity contribution is 0.0568. The van der Waals surface area contributed by atoms with Crippen LogP contribution in [0.5, 0.6) is 0 Å². The highest BCUT2D eigenvalue weighted by molar-refractivity contribution is 6.67. The summed E-state index contributed by atoms with van der Waals surface area (Å²) < 4.78 is 24.1. The molecule has 0 aliphatic carbocycles. The smallest absolute Gasteiger partial charge is 0.337 e. The highest BCUT2D eigenvalue weighted by Crippen LogP contribution is 2.28. The van der Waals surface area contributed by atoms with E-state index in [9.17, 15) is 29.4 Å². The van der Waals surface area contributed by atoms with E-state index in [0.717, 1.165) is 18.1 Å². The van der Waals surface area contributed by atoms with Gasteiger partial charge < -0.3 is 37.7 Å². The number of carbonyl (C=O) groups excluding carboxylic acids is 2. The van der Waals surface area contributed by atoms with E-state index in [-0.39, 0.29) is 48.6 Å². The Labute approximate surface area is 265 Å². The second-order valence-electron chi connectivity index (χ2n) is 11.2. The molecule has 0 unspecified atom stereocenters. The maximum atomic E-state index is 13.7. The number of benzene rings is 2. The van der Waals surface area contributed by atoms with Gasteiger partial charge in [-0.2, -0.15) is 0 Å². The van der Waals surface area contributed by atoms with Crippen molar-refractivity contribution in [2.24, 2.45) is 0 Å². The Balaban J connectivity index is 1.60. The molecular formula is C31H42N2O10Si2. The molecule has 2 fully saturated rings. The van der Waals surface area contributed by atoms with Gasteiger partial charge in [0.1, 0.15) is 0 Å². The molecule has 0 radical (unpaired) electrons.